The lowest BCUT2D eigenvalue weighted by Crippen LogP contribution is -2.38. The molecule has 0 heterocycles. The van der Waals surface area contributed by atoms with Crippen molar-refractivity contribution in [2.24, 2.45) is 0 Å². The number of hydrogen-bond acceptors (Lipinski definition) is 4. The van der Waals surface area contributed by atoms with Gasteiger partial charge in [0.05, 0.1) is 18.2 Å². The molecule has 0 aliphatic carbocycles. The Labute approximate surface area is 120 Å². The third kappa shape index (κ3) is 6.54. The molecule has 0 aromatic heterocycles. The standard InChI is InChI=1S/C14H13N3O4/c15-7-11-3-1-2-10(6-11)4-5-12(18)16-8-13(19)17-9-14(20)21/h1-6H,8-9H2,(H,16,18)(H,17,19)(H,20,21)/b5-4+. The van der Waals surface area contributed by atoms with Gasteiger partial charge in [0.15, 0.2) is 0 Å². The molecule has 0 fully saturated rings. The van der Waals surface area contributed by atoms with E-state index in [9.17, 15) is 14.4 Å². The maximum Gasteiger partial charge on any atom is 0.322 e. The largest absolute Gasteiger partial charge is 0.480 e. The third-order valence-electron chi connectivity index (χ3n) is 2.30. The van der Waals surface area contributed by atoms with Gasteiger partial charge < -0.3 is 15.7 Å². The summed E-state index contributed by atoms with van der Waals surface area (Å²) in [6.45, 7) is -0.805. The quantitative estimate of drug-likeness (QED) is 0.631. The van der Waals surface area contributed by atoms with Crippen molar-refractivity contribution in [1.82, 2.24) is 10.6 Å². The summed E-state index contributed by atoms with van der Waals surface area (Å²) in [4.78, 5) is 32.8. The lowest BCUT2D eigenvalue weighted by Gasteiger charge is -2.02. The normalized spacial score (nSPS) is 9.86. The Morgan fingerprint density at radius 2 is 2.00 bits per heavy atom. The fourth-order valence-electron chi connectivity index (χ4n) is 1.35. The zero-order valence-corrected chi connectivity index (χ0v) is 11.0. The molecule has 1 aromatic rings. The van der Waals surface area contributed by atoms with Crippen molar-refractivity contribution < 1.29 is 19.5 Å². The first-order valence-corrected chi connectivity index (χ1v) is 5.96. The Balaban J connectivity index is 2.43. The molecule has 0 unspecified atom stereocenters. The van der Waals surface area contributed by atoms with Gasteiger partial charge in [0.2, 0.25) is 11.8 Å². The Bertz CT molecular complexity index is 617. The molecule has 7 heteroatoms. The highest BCUT2D eigenvalue weighted by Crippen LogP contribution is 2.05. The van der Waals surface area contributed by atoms with E-state index in [2.05, 4.69) is 10.6 Å². The van der Waals surface area contributed by atoms with E-state index in [1.165, 1.54) is 12.2 Å². The van der Waals surface area contributed by atoms with Crippen LogP contribution in [-0.4, -0.2) is 36.0 Å². The first kappa shape index (κ1) is 15.9. The van der Waals surface area contributed by atoms with Gasteiger partial charge in [0.25, 0.3) is 0 Å². The van der Waals surface area contributed by atoms with Gasteiger partial charge in [-0.1, -0.05) is 12.1 Å². The molecule has 7 nitrogen and oxygen atoms in total. The Morgan fingerprint density at radius 3 is 2.67 bits per heavy atom. The second-order valence-corrected chi connectivity index (χ2v) is 3.96. The molecule has 3 N–H and O–H groups in total. The van der Waals surface area contributed by atoms with Gasteiger partial charge in [0, 0.05) is 6.08 Å². The third-order valence-corrected chi connectivity index (χ3v) is 2.30. The zero-order chi connectivity index (χ0) is 15.7. The van der Waals surface area contributed by atoms with Crippen LogP contribution in [0.15, 0.2) is 30.3 Å². The first-order chi connectivity index (χ1) is 10.0. The number of aliphatic carboxylic acids is 1. The van der Waals surface area contributed by atoms with E-state index in [0.29, 0.717) is 11.1 Å². The molecule has 1 rings (SSSR count). The second kappa shape index (κ2) is 8.12. The van der Waals surface area contributed by atoms with E-state index >= 15 is 0 Å². The maximum atomic E-state index is 11.5. The van der Waals surface area contributed by atoms with E-state index in [-0.39, 0.29) is 6.54 Å². The van der Waals surface area contributed by atoms with E-state index in [4.69, 9.17) is 10.4 Å². The molecule has 1 aromatic carbocycles. The summed E-state index contributed by atoms with van der Waals surface area (Å²) in [6.07, 6.45) is 2.73. The molecule has 2 amide bonds. The van der Waals surface area contributed by atoms with Crippen LogP contribution < -0.4 is 10.6 Å². The van der Waals surface area contributed by atoms with Gasteiger partial charge in [-0.05, 0) is 23.8 Å². The fraction of sp³-hybridized carbons (Fsp3) is 0.143. The molecule has 0 saturated carbocycles. The van der Waals surface area contributed by atoms with Crippen LogP contribution in [0.1, 0.15) is 11.1 Å². The highest BCUT2D eigenvalue weighted by atomic mass is 16.4. The predicted octanol–water partition coefficient (Wildman–Crippen LogP) is -0.112. The van der Waals surface area contributed by atoms with E-state index in [0.717, 1.165) is 0 Å². The van der Waals surface area contributed by atoms with Crippen LogP contribution >= 0.6 is 0 Å². The number of rotatable bonds is 6. The molecule has 0 atom stereocenters. The molecule has 0 bridgehead atoms. The SMILES string of the molecule is N#Cc1cccc(/C=C/C(=O)NCC(=O)NCC(=O)O)c1. The van der Waals surface area contributed by atoms with E-state index in [1.807, 2.05) is 6.07 Å². The lowest BCUT2D eigenvalue weighted by molar-refractivity contribution is -0.137. The highest BCUT2D eigenvalue weighted by molar-refractivity contribution is 5.94. The lowest BCUT2D eigenvalue weighted by atomic mass is 10.1. The molecular formula is C14H13N3O4. The molecule has 0 aliphatic rings. The van der Waals surface area contributed by atoms with Crippen LogP contribution in [0.2, 0.25) is 0 Å². The van der Waals surface area contributed by atoms with Gasteiger partial charge in [-0.2, -0.15) is 5.26 Å². The van der Waals surface area contributed by atoms with Crippen LogP contribution in [-0.2, 0) is 14.4 Å². The van der Waals surface area contributed by atoms with Crippen molar-refractivity contribution in [2.45, 2.75) is 0 Å². The van der Waals surface area contributed by atoms with Gasteiger partial charge in [-0.15, -0.1) is 0 Å². The van der Waals surface area contributed by atoms with Gasteiger partial charge in [-0.3, -0.25) is 14.4 Å². The van der Waals surface area contributed by atoms with Gasteiger partial charge in [0.1, 0.15) is 6.54 Å². The highest BCUT2D eigenvalue weighted by Gasteiger charge is 2.04. The van der Waals surface area contributed by atoms with Crippen molar-refractivity contribution in [3.05, 3.63) is 41.5 Å². The molecule has 21 heavy (non-hydrogen) atoms. The predicted molar refractivity (Wildman–Crippen MR) is 73.8 cm³/mol. The Kier molecular flexibility index (Phi) is 6.15. The number of benzene rings is 1. The monoisotopic (exact) mass is 287 g/mol. The molecule has 0 radical (unpaired) electrons. The van der Waals surface area contributed by atoms with Crippen molar-refractivity contribution in [2.75, 3.05) is 13.1 Å². The number of amides is 2. The number of nitrogens with one attached hydrogen (secondary N) is 2. The van der Waals surface area contributed by atoms with Crippen molar-refractivity contribution in [3.8, 4) is 6.07 Å². The molecule has 108 valence electrons. The Hall–Kier alpha value is -3.14. The summed E-state index contributed by atoms with van der Waals surface area (Å²) in [5.74, 6) is -2.25. The number of hydrogen-bond donors (Lipinski definition) is 3. The average Bonchev–Trinajstić information content (AvgIpc) is 2.49. The van der Waals surface area contributed by atoms with Crippen molar-refractivity contribution in [3.63, 3.8) is 0 Å². The minimum atomic E-state index is -1.16. The zero-order valence-electron chi connectivity index (χ0n) is 11.0. The summed E-state index contributed by atoms with van der Waals surface area (Å²) in [7, 11) is 0. The van der Waals surface area contributed by atoms with Crippen molar-refractivity contribution >= 4 is 23.9 Å². The molecule has 0 spiro atoms. The number of carboxylic acid groups (broad SMARTS) is 1. The van der Waals surface area contributed by atoms with Crippen molar-refractivity contribution in [1.29, 1.82) is 5.26 Å². The van der Waals surface area contributed by atoms with Gasteiger partial charge >= 0.3 is 5.97 Å². The maximum absolute atomic E-state index is 11.5. The summed E-state index contributed by atoms with van der Waals surface area (Å²) >= 11 is 0. The molecule has 0 aliphatic heterocycles. The molecule has 0 saturated heterocycles. The smallest absolute Gasteiger partial charge is 0.322 e. The first-order valence-electron chi connectivity index (χ1n) is 5.96. The van der Waals surface area contributed by atoms with Crippen LogP contribution in [0.4, 0.5) is 0 Å². The van der Waals surface area contributed by atoms with Crippen LogP contribution in [0.25, 0.3) is 6.08 Å². The minimum absolute atomic E-state index is 0.311. The summed E-state index contributed by atoms with van der Waals surface area (Å²) in [6, 6.07) is 8.66. The van der Waals surface area contributed by atoms with Crippen LogP contribution in [0.5, 0.6) is 0 Å². The van der Waals surface area contributed by atoms with E-state index in [1.54, 1.807) is 24.3 Å². The summed E-state index contributed by atoms with van der Waals surface area (Å²) in [5, 5.41) is 21.5. The molecular weight excluding hydrogens is 274 g/mol. The Morgan fingerprint density at radius 1 is 1.24 bits per heavy atom. The minimum Gasteiger partial charge on any atom is -0.480 e. The number of carbonyl (C=O) groups excluding carboxylic acids is 2. The number of carboxylic acids is 1. The van der Waals surface area contributed by atoms with Crippen LogP contribution in [0, 0.1) is 11.3 Å². The van der Waals surface area contributed by atoms with Gasteiger partial charge in [-0.25, -0.2) is 0 Å². The fourth-order valence-corrected chi connectivity index (χ4v) is 1.35. The van der Waals surface area contributed by atoms with E-state index < -0.39 is 24.3 Å². The summed E-state index contributed by atoms with van der Waals surface area (Å²) < 4.78 is 0. The topological polar surface area (TPSA) is 119 Å². The number of carbonyl (C=O) groups is 3. The number of nitrogens with zero attached hydrogens (tertiary/aromatic N) is 1. The number of nitriles is 1. The second-order valence-electron chi connectivity index (χ2n) is 3.96. The summed E-state index contributed by atoms with van der Waals surface area (Å²) in [5.41, 5.74) is 1.16. The van der Waals surface area contributed by atoms with Crippen LogP contribution in [0.3, 0.4) is 0 Å². The average molecular weight is 287 g/mol.